The van der Waals surface area contributed by atoms with Crippen LogP contribution in [-0.2, 0) is 19.6 Å². The van der Waals surface area contributed by atoms with Gasteiger partial charge in [-0.3, -0.25) is 9.52 Å². The van der Waals surface area contributed by atoms with Crippen LogP contribution in [-0.4, -0.2) is 46.2 Å². The number of sulfonamides is 1. The Morgan fingerprint density at radius 1 is 0.949 bits per heavy atom. The number of hydrogen-bond acceptors (Lipinski definition) is 7. The summed E-state index contributed by atoms with van der Waals surface area (Å²) in [6.45, 7) is 2.51. The van der Waals surface area contributed by atoms with Crippen molar-refractivity contribution in [2.24, 2.45) is 23.2 Å². The number of nitrogens with one attached hydrogen (secondary N) is 2. The molecule has 9 nitrogen and oxygen atoms in total. The van der Waals surface area contributed by atoms with Crippen molar-refractivity contribution in [1.29, 1.82) is 0 Å². The van der Waals surface area contributed by atoms with Crippen LogP contribution in [0, 0.1) is 23.2 Å². The lowest BCUT2D eigenvalue weighted by Gasteiger charge is -2.59. The van der Waals surface area contributed by atoms with Crippen LogP contribution >= 0.6 is 0 Å². The van der Waals surface area contributed by atoms with E-state index >= 15 is 0 Å². The van der Waals surface area contributed by atoms with Crippen molar-refractivity contribution in [3.63, 3.8) is 0 Å². The molecular formula is C29H34N2O7S. The fourth-order valence-corrected chi connectivity index (χ4v) is 8.51. The van der Waals surface area contributed by atoms with E-state index < -0.39 is 16.0 Å². The number of esters is 1. The van der Waals surface area contributed by atoms with E-state index in [9.17, 15) is 18.0 Å². The third-order valence-electron chi connectivity index (χ3n) is 8.91. The quantitative estimate of drug-likeness (QED) is 0.471. The zero-order valence-corrected chi connectivity index (χ0v) is 22.8. The van der Waals surface area contributed by atoms with Crippen LogP contribution < -0.4 is 19.5 Å². The van der Waals surface area contributed by atoms with E-state index in [2.05, 4.69) is 17.0 Å². The number of ether oxygens (including phenoxy) is 3. The summed E-state index contributed by atoms with van der Waals surface area (Å²) in [7, 11) is -3.88. The standard InChI is InChI=1S/C29H34N2O7S/c1-18(29-14-19-10-20(15-29)12-21(11-19)16-29)30-27(32)17-38-28(33)22-2-4-23(5-3-22)31-39(34,35)24-6-7-25-26(13-24)37-9-8-36-25/h2-7,13,18-21,31H,8-12,14-17H2,1H3,(H,30,32). The summed E-state index contributed by atoms with van der Waals surface area (Å²) in [4.78, 5) is 25.2. The van der Waals surface area contributed by atoms with Gasteiger partial charge in [-0.25, -0.2) is 13.2 Å². The van der Waals surface area contributed by atoms with Crippen molar-refractivity contribution in [3.8, 4) is 11.5 Å². The predicted molar refractivity (Wildman–Crippen MR) is 143 cm³/mol. The van der Waals surface area contributed by atoms with Gasteiger partial charge in [-0.2, -0.15) is 0 Å². The van der Waals surface area contributed by atoms with Gasteiger partial charge in [0.1, 0.15) is 13.2 Å². The van der Waals surface area contributed by atoms with Gasteiger partial charge in [0.15, 0.2) is 18.1 Å². The molecule has 2 aromatic carbocycles. The summed E-state index contributed by atoms with van der Waals surface area (Å²) in [5.74, 6) is 2.31. The lowest BCUT2D eigenvalue weighted by molar-refractivity contribution is -0.128. The van der Waals surface area contributed by atoms with Gasteiger partial charge in [0.05, 0.1) is 10.5 Å². The van der Waals surface area contributed by atoms with Gasteiger partial charge in [0.2, 0.25) is 0 Å². The SMILES string of the molecule is CC(NC(=O)COC(=O)c1ccc(NS(=O)(=O)c2ccc3c(c2)OCCO3)cc1)C12CC3CC(CC(C3)C1)C2. The molecule has 2 N–H and O–H groups in total. The predicted octanol–water partition coefficient (Wildman–Crippen LogP) is 4.14. The molecule has 0 radical (unpaired) electrons. The number of anilines is 1. The van der Waals surface area contributed by atoms with Crippen molar-refractivity contribution >= 4 is 27.6 Å². The summed E-state index contributed by atoms with van der Waals surface area (Å²) in [5, 5.41) is 3.10. The molecule has 1 heterocycles. The van der Waals surface area contributed by atoms with E-state index in [0.717, 1.165) is 17.8 Å². The van der Waals surface area contributed by atoms with Crippen molar-refractivity contribution < 1.29 is 32.2 Å². The lowest BCUT2D eigenvalue weighted by Crippen LogP contribution is -2.56. The molecule has 2 aromatic rings. The third kappa shape index (κ3) is 5.31. The van der Waals surface area contributed by atoms with Crippen molar-refractivity contribution in [2.75, 3.05) is 24.5 Å². The molecular weight excluding hydrogens is 520 g/mol. The first-order valence-electron chi connectivity index (χ1n) is 13.7. The van der Waals surface area contributed by atoms with E-state index in [-0.39, 0.29) is 40.1 Å². The molecule has 39 heavy (non-hydrogen) atoms. The molecule has 7 rings (SSSR count). The Balaban J connectivity index is 1.01. The molecule has 0 saturated heterocycles. The summed E-state index contributed by atoms with van der Waals surface area (Å²) in [6, 6.07) is 10.3. The van der Waals surface area contributed by atoms with E-state index in [1.165, 1.54) is 74.9 Å². The highest BCUT2D eigenvalue weighted by molar-refractivity contribution is 7.92. The molecule has 0 spiro atoms. The number of carbonyl (C=O) groups is 2. The summed E-state index contributed by atoms with van der Waals surface area (Å²) < 4.78 is 44.3. The monoisotopic (exact) mass is 554 g/mol. The maximum atomic E-state index is 12.8. The van der Waals surface area contributed by atoms with Crippen LogP contribution in [0.25, 0.3) is 0 Å². The number of fused-ring (bicyclic) bond motifs is 1. The average molecular weight is 555 g/mol. The molecule has 208 valence electrons. The minimum Gasteiger partial charge on any atom is -0.486 e. The van der Waals surface area contributed by atoms with Crippen molar-refractivity contribution in [1.82, 2.24) is 5.32 Å². The smallest absolute Gasteiger partial charge is 0.338 e. The van der Waals surface area contributed by atoms with Gasteiger partial charge in [-0.15, -0.1) is 0 Å². The summed E-state index contributed by atoms with van der Waals surface area (Å²) >= 11 is 0. The second-order valence-electron chi connectivity index (χ2n) is 11.6. The first-order valence-corrected chi connectivity index (χ1v) is 15.2. The highest BCUT2D eigenvalue weighted by Crippen LogP contribution is 2.61. The van der Waals surface area contributed by atoms with E-state index in [1.807, 2.05) is 0 Å². The fraction of sp³-hybridized carbons (Fsp3) is 0.517. The van der Waals surface area contributed by atoms with Crippen LogP contribution in [0.4, 0.5) is 5.69 Å². The van der Waals surface area contributed by atoms with Gasteiger partial charge < -0.3 is 19.5 Å². The third-order valence-corrected chi connectivity index (χ3v) is 10.3. The van der Waals surface area contributed by atoms with Crippen LogP contribution in [0.15, 0.2) is 47.4 Å². The number of rotatable bonds is 8. The van der Waals surface area contributed by atoms with E-state index in [0.29, 0.717) is 24.7 Å². The van der Waals surface area contributed by atoms with Gasteiger partial charge in [-0.05, 0) is 105 Å². The van der Waals surface area contributed by atoms with E-state index in [1.54, 1.807) is 6.07 Å². The Kier molecular flexibility index (Phi) is 6.69. The molecule has 5 aliphatic rings. The Labute approximate surface area is 228 Å². The minimum atomic E-state index is -3.88. The van der Waals surface area contributed by atoms with Crippen LogP contribution in [0.5, 0.6) is 11.5 Å². The van der Waals surface area contributed by atoms with Crippen LogP contribution in [0.1, 0.15) is 55.8 Å². The van der Waals surface area contributed by atoms with Crippen LogP contribution in [0.3, 0.4) is 0 Å². The van der Waals surface area contributed by atoms with Gasteiger partial charge in [-0.1, -0.05) is 0 Å². The first kappa shape index (κ1) is 26.0. The molecule has 4 bridgehead atoms. The van der Waals surface area contributed by atoms with Crippen molar-refractivity contribution in [2.45, 2.75) is 56.4 Å². The first-order chi connectivity index (χ1) is 18.7. The Morgan fingerprint density at radius 2 is 1.56 bits per heavy atom. The Bertz CT molecular complexity index is 1340. The molecule has 1 atom stereocenters. The molecule has 0 aromatic heterocycles. The normalized spacial score (nSPS) is 27.5. The van der Waals surface area contributed by atoms with Gasteiger partial charge in [0, 0.05) is 17.8 Å². The fourth-order valence-electron chi connectivity index (χ4n) is 7.44. The Hall–Kier alpha value is -3.27. The molecule has 1 unspecified atom stereocenters. The second kappa shape index (κ2) is 10.0. The van der Waals surface area contributed by atoms with E-state index in [4.69, 9.17) is 14.2 Å². The van der Waals surface area contributed by atoms with Gasteiger partial charge in [0.25, 0.3) is 15.9 Å². The highest BCUT2D eigenvalue weighted by atomic mass is 32.2. The number of amides is 1. The van der Waals surface area contributed by atoms with Crippen molar-refractivity contribution in [3.05, 3.63) is 48.0 Å². The largest absolute Gasteiger partial charge is 0.486 e. The number of carbonyl (C=O) groups excluding carboxylic acids is 2. The molecule has 4 saturated carbocycles. The van der Waals surface area contributed by atoms with Crippen LogP contribution in [0.2, 0.25) is 0 Å². The zero-order chi connectivity index (χ0) is 27.2. The maximum Gasteiger partial charge on any atom is 0.338 e. The summed E-state index contributed by atoms with van der Waals surface area (Å²) in [5.41, 5.74) is 0.681. The topological polar surface area (TPSA) is 120 Å². The minimum absolute atomic E-state index is 0.0315. The highest BCUT2D eigenvalue weighted by Gasteiger charge is 2.53. The number of hydrogen-bond donors (Lipinski definition) is 2. The maximum absolute atomic E-state index is 12.8. The molecule has 4 fully saturated rings. The van der Waals surface area contributed by atoms with Gasteiger partial charge >= 0.3 is 5.97 Å². The Morgan fingerprint density at radius 3 is 2.21 bits per heavy atom. The molecule has 1 amide bonds. The second-order valence-corrected chi connectivity index (χ2v) is 13.3. The molecule has 1 aliphatic heterocycles. The zero-order valence-electron chi connectivity index (χ0n) is 22.0. The molecule has 10 heteroatoms. The number of benzene rings is 2. The summed E-state index contributed by atoms with van der Waals surface area (Å²) in [6.07, 6.45) is 7.59. The molecule has 4 aliphatic carbocycles. The lowest BCUT2D eigenvalue weighted by atomic mass is 9.48. The average Bonchev–Trinajstić information content (AvgIpc) is 2.91.